The molecule has 4 rings (SSSR count). The lowest BCUT2D eigenvalue weighted by Gasteiger charge is -2.24. The van der Waals surface area contributed by atoms with E-state index in [-0.39, 0.29) is 6.61 Å². The molecular formula is C18H24N4OS. The van der Waals surface area contributed by atoms with Crippen LogP contribution in [0.4, 0.5) is 0 Å². The summed E-state index contributed by atoms with van der Waals surface area (Å²) in [5.41, 5.74) is 2.68. The van der Waals surface area contributed by atoms with E-state index in [1.165, 1.54) is 24.0 Å². The van der Waals surface area contributed by atoms with Crippen molar-refractivity contribution in [1.29, 1.82) is 0 Å². The molecule has 24 heavy (non-hydrogen) atoms. The van der Waals surface area contributed by atoms with Gasteiger partial charge >= 0.3 is 0 Å². The van der Waals surface area contributed by atoms with Crippen LogP contribution in [0, 0.1) is 11.7 Å². The SMILES string of the molecule is Cc1cccc(C2CCCN2Cn2nc(CO)n(C3CC3)c2=S)c1. The molecule has 2 heterocycles. The first-order valence-electron chi connectivity index (χ1n) is 8.77. The predicted molar refractivity (Wildman–Crippen MR) is 95.1 cm³/mol. The normalized spacial score (nSPS) is 21.5. The summed E-state index contributed by atoms with van der Waals surface area (Å²) in [6.07, 6.45) is 4.65. The number of aryl methyl sites for hydroxylation is 1. The molecule has 0 amide bonds. The predicted octanol–water partition coefficient (Wildman–Crippen LogP) is 3.34. The Bertz CT molecular complexity index is 793. The van der Waals surface area contributed by atoms with Gasteiger partial charge in [-0.15, -0.1) is 0 Å². The van der Waals surface area contributed by atoms with Crippen LogP contribution in [0.3, 0.4) is 0 Å². The Morgan fingerprint density at radius 2 is 2.12 bits per heavy atom. The van der Waals surface area contributed by atoms with Crippen LogP contribution in [0.25, 0.3) is 0 Å². The van der Waals surface area contributed by atoms with Crippen molar-refractivity contribution in [3.05, 3.63) is 46.0 Å². The highest BCUT2D eigenvalue weighted by Gasteiger charge is 2.30. The van der Waals surface area contributed by atoms with E-state index in [0.29, 0.717) is 24.6 Å². The zero-order valence-electron chi connectivity index (χ0n) is 14.1. The van der Waals surface area contributed by atoms with Crippen LogP contribution in [0.15, 0.2) is 24.3 Å². The summed E-state index contributed by atoms with van der Waals surface area (Å²) in [6.45, 7) is 3.85. The first-order chi connectivity index (χ1) is 11.7. The average Bonchev–Trinajstić information content (AvgIpc) is 3.22. The van der Waals surface area contributed by atoms with E-state index in [2.05, 4.69) is 41.2 Å². The van der Waals surface area contributed by atoms with Gasteiger partial charge in [0.25, 0.3) is 0 Å². The Kier molecular flexibility index (Phi) is 4.28. The minimum Gasteiger partial charge on any atom is -0.388 e. The summed E-state index contributed by atoms with van der Waals surface area (Å²) in [7, 11) is 0. The van der Waals surface area contributed by atoms with Gasteiger partial charge in [0.15, 0.2) is 10.6 Å². The summed E-state index contributed by atoms with van der Waals surface area (Å²) in [6, 6.07) is 9.65. The second-order valence-electron chi connectivity index (χ2n) is 6.98. The van der Waals surface area contributed by atoms with E-state index in [4.69, 9.17) is 12.2 Å². The monoisotopic (exact) mass is 344 g/mol. The standard InChI is InChI=1S/C18H24N4OS/c1-13-4-2-5-14(10-13)16-6-3-9-20(16)12-21-18(24)22(15-7-8-15)17(11-23)19-21/h2,4-5,10,15-16,23H,3,6-9,11-12H2,1H3. The fourth-order valence-corrected chi connectivity index (χ4v) is 4.14. The summed E-state index contributed by atoms with van der Waals surface area (Å²) in [4.78, 5) is 2.45. The number of benzene rings is 1. The molecule has 1 atom stereocenters. The number of aliphatic hydroxyl groups excluding tert-OH is 1. The van der Waals surface area contributed by atoms with E-state index in [0.717, 1.165) is 24.2 Å². The summed E-state index contributed by atoms with van der Waals surface area (Å²) in [5, 5.41) is 14.2. The molecule has 1 N–H and O–H groups in total. The molecule has 128 valence electrons. The third-order valence-electron chi connectivity index (χ3n) is 5.10. The van der Waals surface area contributed by atoms with Gasteiger partial charge in [-0.2, -0.15) is 5.10 Å². The third-order valence-corrected chi connectivity index (χ3v) is 5.51. The molecule has 1 aromatic carbocycles. The first kappa shape index (κ1) is 16.0. The minimum atomic E-state index is -0.0472. The highest BCUT2D eigenvalue weighted by Crippen LogP contribution is 2.37. The van der Waals surface area contributed by atoms with Crippen LogP contribution in [-0.2, 0) is 13.3 Å². The second-order valence-corrected chi connectivity index (χ2v) is 7.35. The molecule has 0 radical (unpaired) electrons. The van der Waals surface area contributed by atoms with Crippen molar-refractivity contribution in [2.24, 2.45) is 0 Å². The molecule has 6 heteroatoms. The molecule has 5 nitrogen and oxygen atoms in total. The maximum absolute atomic E-state index is 9.60. The Balaban J connectivity index is 1.59. The third kappa shape index (κ3) is 2.94. The van der Waals surface area contributed by atoms with Crippen LogP contribution >= 0.6 is 12.2 Å². The largest absolute Gasteiger partial charge is 0.388 e. The van der Waals surface area contributed by atoms with Crippen LogP contribution in [0.5, 0.6) is 0 Å². The van der Waals surface area contributed by atoms with Gasteiger partial charge in [0.1, 0.15) is 6.61 Å². The summed E-state index contributed by atoms with van der Waals surface area (Å²) in [5.74, 6) is 0.703. The van der Waals surface area contributed by atoms with Crippen molar-refractivity contribution in [1.82, 2.24) is 19.2 Å². The number of nitrogens with zero attached hydrogens (tertiary/aromatic N) is 4. The molecule has 1 aromatic heterocycles. The topological polar surface area (TPSA) is 46.2 Å². The highest BCUT2D eigenvalue weighted by molar-refractivity contribution is 7.71. The van der Waals surface area contributed by atoms with Crippen molar-refractivity contribution < 1.29 is 5.11 Å². The zero-order chi connectivity index (χ0) is 16.7. The van der Waals surface area contributed by atoms with Gasteiger partial charge in [0.05, 0.1) is 6.67 Å². The molecule has 2 aromatic rings. The van der Waals surface area contributed by atoms with Crippen molar-refractivity contribution >= 4 is 12.2 Å². The van der Waals surface area contributed by atoms with Crippen LogP contribution in [-0.4, -0.2) is 30.9 Å². The number of rotatable bonds is 5. The zero-order valence-corrected chi connectivity index (χ0v) is 14.9. The molecule has 1 unspecified atom stereocenters. The van der Waals surface area contributed by atoms with Crippen molar-refractivity contribution in [2.45, 2.75) is 58.0 Å². The molecule has 1 aliphatic heterocycles. The Morgan fingerprint density at radius 1 is 1.29 bits per heavy atom. The quantitative estimate of drug-likeness (QED) is 0.845. The first-order valence-corrected chi connectivity index (χ1v) is 9.18. The lowest BCUT2D eigenvalue weighted by atomic mass is 10.0. The summed E-state index contributed by atoms with van der Waals surface area (Å²) < 4.78 is 4.69. The molecule has 2 aliphatic rings. The van der Waals surface area contributed by atoms with Crippen LogP contribution in [0.2, 0.25) is 0 Å². The Morgan fingerprint density at radius 3 is 2.83 bits per heavy atom. The Labute approximate surface area is 147 Å². The number of likely N-dealkylation sites (tertiary alicyclic amines) is 1. The maximum atomic E-state index is 9.60. The molecule has 2 fully saturated rings. The van der Waals surface area contributed by atoms with Gasteiger partial charge in [-0.3, -0.25) is 9.47 Å². The van der Waals surface area contributed by atoms with Gasteiger partial charge < -0.3 is 5.11 Å². The van der Waals surface area contributed by atoms with E-state index < -0.39 is 0 Å². The number of hydrogen-bond donors (Lipinski definition) is 1. The smallest absolute Gasteiger partial charge is 0.199 e. The number of aliphatic hydroxyl groups is 1. The van der Waals surface area contributed by atoms with Crippen molar-refractivity contribution in [3.8, 4) is 0 Å². The van der Waals surface area contributed by atoms with E-state index in [1.54, 1.807) is 0 Å². The van der Waals surface area contributed by atoms with Gasteiger partial charge in [0, 0.05) is 18.6 Å². The van der Waals surface area contributed by atoms with Crippen molar-refractivity contribution in [2.75, 3.05) is 6.54 Å². The number of aromatic nitrogens is 3. The molecule has 0 bridgehead atoms. The van der Waals surface area contributed by atoms with Gasteiger partial charge in [-0.1, -0.05) is 29.8 Å². The van der Waals surface area contributed by atoms with E-state index in [9.17, 15) is 5.11 Å². The second kappa shape index (κ2) is 6.43. The van der Waals surface area contributed by atoms with Crippen LogP contribution < -0.4 is 0 Å². The fraction of sp³-hybridized carbons (Fsp3) is 0.556. The minimum absolute atomic E-state index is 0.0472. The number of hydrogen-bond acceptors (Lipinski definition) is 4. The van der Waals surface area contributed by atoms with E-state index >= 15 is 0 Å². The molecule has 1 saturated carbocycles. The molecule has 1 saturated heterocycles. The maximum Gasteiger partial charge on any atom is 0.199 e. The summed E-state index contributed by atoms with van der Waals surface area (Å²) >= 11 is 5.63. The van der Waals surface area contributed by atoms with Gasteiger partial charge in [-0.25, -0.2) is 4.68 Å². The lowest BCUT2D eigenvalue weighted by molar-refractivity contribution is 0.188. The fourth-order valence-electron chi connectivity index (χ4n) is 3.79. The van der Waals surface area contributed by atoms with E-state index in [1.807, 2.05) is 9.25 Å². The molecular weight excluding hydrogens is 320 g/mol. The van der Waals surface area contributed by atoms with Gasteiger partial charge in [0.2, 0.25) is 0 Å². The van der Waals surface area contributed by atoms with Gasteiger partial charge in [-0.05, 0) is 50.4 Å². The Hall–Kier alpha value is -1.50. The molecule has 0 spiro atoms. The highest BCUT2D eigenvalue weighted by atomic mass is 32.1. The average molecular weight is 344 g/mol. The molecule has 1 aliphatic carbocycles. The van der Waals surface area contributed by atoms with Crippen molar-refractivity contribution in [3.63, 3.8) is 0 Å². The lowest BCUT2D eigenvalue weighted by Crippen LogP contribution is -2.27. The van der Waals surface area contributed by atoms with Crippen LogP contribution in [0.1, 0.15) is 54.7 Å².